The van der Waals surface area contributed by atoms with Gasteiger partial charge < -0.3 is 4.90 Å². The maximum absolute atomic E-state index is 13.0. The molecule has 3 aromatic rings. The van der Waals surface area contributed by atoms with Gasteiger partial charge in [0.05, 0.1) is 9.72 Å². The Bertz CT molecular complexity index is 967. The summed E-state index contributed by atoms with van der Waals surface area (Å²) in [5, 5.41) is 1.28. The van der Waals surface area contributed by atoms with Gasteiger partial charge in [0.2, 0.25) is 5.91 Å². The van der Waals surface area contributed by atoms with E-state index in [-0.39, 0.29) is 24.1 Å². The molecule has 1 heterocycles. The summed E-state index contributed by atoms with van der Waals surface area (Å²) in [6.45, 7) is 1.33. The Hall–Kier alpha value is -1.38. The number of para-hydroxylation sites is 1. The normalized spacial score (nSPS) is 11.0. The van der Waals surface area contributed by atoms with E-state index >= 15 is 0 Å². The van der Waals surface area contributed by atoms with E-state index in [1.54, 1.807) is 28.8 Å². The number of rotatable bonds is 9. The molecule has 0 saturated carbocycles. The number of carbonyl (C=O) groups is 1. The van der Waals surface area contributed by atoms with Gasteiger partial charge in [0.1, 0.15) is 11.3 Å². The van der Waals surface area contributed by atoms with Crippen LogP contribution in [-0.2, 0) is 4.79 Å². The zero-order chi connectivity index (χ0) is 20.8. The molecular weight excluding hydrogens is 464 g/mol. The molecule has 2 aromatic carbocycles. The van der Waals surface area contributed by atoms with Gasteiger partial charge in [0.25, 0.3) is 0 Å². The van der Waals surface area contributed by atoms with Crippen LogP contribution in [0.15, 0.2) is 47.4 Å². The van der Waals surface area contributed by atoms with Crippen LogP contribution in [0, 0.1) is 5.82 Å². The monoisotopic (exact) mass is 487 g/mol. The van der Waals surface area contributed by atoms with Crippen molar-refractivity contribution in [3.63, 3.8) is 0 Å². The number of hydrogen-bond acceptors (Lipinski definition) is 5. The summed E-state index contributed by atoms with van der Waals surface area (Å²) in [6, 6.07) is 12.1. The van der Waals surface area contributed by atoms with E-state index in [0.29, 0.717) is 23.1 Å². The van der Waals surface area contributed by atoms with Crippen molar-refractivity contribution in [2.75, 3.05) is 37.8 Å². The standard InChI is InChI=1S/C21H23ClFN3OS2.ClH/c1-25(2)12-13-26(21-24-20-17(22)5-3-6-18(20)29-21)19(27)7-4-14-28-16-10-8-15(23)9-11-16;/h3,5-6,8-11H,4,7,12-14H2,1-2H3;1H. The van der Waals surface area contributed by atoms with Crippen LogP contribution >= 0.6 is 47.1 Å². The lowest BCUT2D eigenvalue weighted by molar-refractivity contribution is -0.118. The highest BCUT2D eigenvalue weighted by molar-refractivity contribution is 7.99. The summed E-state index contributed by atoms with van der Waals surface area (Å²) in [5.74, 6) is 0.614. The van der Waals surface area contributed by atoms with Crippen molar-refractivity contribution in [1.29, 1.82) is 0 Å². The third-order valence-electron chi connectivity index (χ3n) is 4.28. The fourth-order valence-corrected chi connectivity index (χ4v) is 4.89. The van der Waals surface area contributed by atoms with E-state index in [0.717, 1.165) is 33.8 Å². The smallest absolute Gasteiger partial charge is 0.228 e. The highest BCUT2D eigenvalue weighted by Gasteiger charge is 2.20. The molecule has 0 fully saturated rings. The molecule has 0 aliphatic rings. The molecule has 1 amide bonds. The van der Waals surface area contributed by atoms with Gasteiger partial charge in [-0.25, -0.2) is 9.37 Å². The molecule has 9 heteroatoms. The predicted octanol–water partition coefficient (Wildman–Crippen LogP) is 5.98. The Morgan fingerprint density at radius 3 is 2.57 bits per heavy atom. The number of likely N-dealkylation sites (N-methyl/N-ethyl adjacent to an activating group) is 1. The van der Waals surface area contributed by atoms with Crippen molar-refractivity contribution < 1.29 is 9.18 Å². The molecule has 0 spiro atoms. The third kappa shape index (κ3) is 6.82. The van der Waals surface area contributed by atoms with Crippen LogP contribution in [0.5, 0.6) is 0 Å². The fraction of sp³-hybridized carbons (Fsp3) is 0.333. The summed E-state index contributed by atoms with van der Waals surface area (Å²) in [4.78, 5) is 22.4. The zero-order valence-electron chi connectivity index (χ0n) is 16.8. The van der Waals surface area contributed by atoms with Gasteiger partial charge >= 0.3 is 0 Å². The van der Waals surface area contributed by atoms with Gasteiger partial charge in [-0.2, -0.15) is 0 Å². The molecule has 0 bridgehead atoms. The first kappa shape index (κ1) is 24.9. The van der Waals surface area contributed by atoms with Crippen molar-refractivity contribution >= 4 is 68.4 Å². The Morgan fingerprint density at radius 2 is 1.90 bits per heavy atom. The molecule has 0 N–H and O–H groups in total. The van der Waals surface area contributed by atoms with Crippen LogP contribution in [-0.4, -0.2) is 48.7 Å². The van der Waals surface area contributed by atoms with Gasteiger partial charge in [0, 0.05) is 24.4 Å². The maximum atomic E-state index is 13.0. The molecule has 0 atom stereocenters. The minimum atomic E-state index is -0.239. The van der Waals surface area contributed by atoms with Crippen molar-refractivity contribution in [2.24, 2.45) is 0 Å². The average molecular weight is 488 g/mol. The summed E-state index contributed by atoms with van der Waals surface area (Å²) >= 11 is 9.37. The summed E-state index contributed by atoms with van der Waals surface area (Å²) in [5.41, 5.74) is 0.740. The molecular formula is C21H24Cl2FN3OS2. The summed E-state index contributed by atoms with van der Waals surface area (Å²) in [7, 11) is 3.97. The lowest BCUT2D eigenvalue weighted by Crippen LogP contribution is -2.36. The van der Waals surface area contributed by atoms with E-state index in [9.17, 15) is 9.18 Å². The largest absolute Gasteiger partial charge is 0.308 e. The first-order chi connectivity index (χ1) is 13.9. The second-order valence-electron chi connectivity index (χ2n) is 6.84. The van der Waals surface area contributed by atoms with E-state index in [1.165, 1.54) is 23.5 Å². The molecule has 0 unspecified atom stereocenters. The van der Waals surface area contributed by atoms with Crippen LogP contribution in [0.1, 0.15) is 12.8 Å². The number of nitrogens with zero attached hydrogens (tertiary/aromatic N) is 3. The van der Waals surface area contributed by atoms with E-state index < -0.39 is 0 Å². The van der Waals surface area contributed by atoms with Crippen molar-refractivity contribution in [3.8, 4) is 0 Å². The Kier molecular flexibility index (Phi) is 9.84. The second kappa shape index (κ2) is 11.9. The Labute approximate surface area is 195 Å². The van der Waals surface area contributed by atoms with E-state index in [2.05, 4.69) is 4.98 Å². The molecule has 0 saturated heterocycles. The minimum Gasteiger partial charge on any atom is -0.308 e. The van der Waals surface area contributed by atoms with Crippen LogP contribution in [0.4, 0.5) is 9.52 Å². The molecule has 0 radical (unpaired) electrons. The quantitative estimate of drug-likeness (QED) is 0.274. The molecule has 4 nitrogen and oxygen atoms in total. The molecule has 30 heavy (non-hydrogen) atoms. The molecule has 162 valence electrons. The van der Waals surface area contributed by atoms with Crippen LogP contribution in [0.2, 0.25) is 5.02 Å². The number of amides is 1. The van der Waals surface area contributed by atoms with Gasteiger partial charge in [-0.3, -0.25) is 9.69 Å². The summed E-state index contributed by atoms with van der Waals surface area (Å²) in [6.07, 6.45) is 1.18. The van der Waals surface area contributed by atoms with Crippen molar-refractivity contribution in [3.05, 3.63) is 53.3 Å². The zero-order valence-corrected chi connectivity index (χ0v) is 20.0. The van der Waals surface area contributed by atoms with E-state index in [1.807, 2.05) is 37.2 Å². The van der Waals surface area contributed by atoms with E-state index in [4.69, 9.17) is 11.6 Å². The highest BCUT2D eigenvalue weighted by Crippen LogP contribution is 2.33. The van der Waals surface area contributed by atoms with Gasteiger partial charge in [-0.05, 0) is 62.7 Å². The van der Waals surface area contributed by atoms with Gasteiger partial charge in [-0.1, -0.05) is 29.0 Å². The number of hydrogen-bond donors (Lipinski definition) is 0. The first-order valence-corrected chi connectivity index (χ1v) is 11.5. The molecule has 3 rings (SSSR count). The number of halogens is 3. The van der Waals surface area contributed by atoms with Crippen molar-refractivity contribution in [1.82, 2.24) is 9.88 Å². The third-order valence-corrected chi connectivity index (χ3v) is 6.73. The topological polar surface area (TPSA) is 36.4 Å². The number of aromatic nitrogens is 1. The number of fused-ring (bicyclic) bond motifs is 1. The van der Waals surface area contributed by atoms with Crippen LogP contribution in [0.3, 0.4) is 0 Å². The predicted molar refractivity (Wildman–Crippen MR) is 129 cm³/mol. The lowest BCUT2D eigenvalue weighted by atomic mass is 10.3. The molecule has 0 aliphatic heterocycles. The van der Waals surface area contributed by atoms with Gasteiger partial charge in [0.15, 0.2) is 5.13 Å². The number of benzene rings is 2. The first-order valence-electron chi connectivity index (χ1n) is 9.32. The SMILES string of the molecule is CN(C)CCN(C(=O)CCCSc1ccc(F)cc1)c1nc2c(Cl)cccc2s1.Cl. The van der Waals surface area contributed by atoms with Crippen LogP contribution < -0.4 is 4.90 Å². The second-order valence-corrected chi connectivity index (χ2v) is 9.42. The molecule has 1 aromatic heterocycles. The highest BCUT2D eigenvalue weighted by atomic mass is 35.5. The van der Waals surface area contributed by atoms with Gasteiger partial charge in [-0.15, -0.1) is 24.2 Å². The van der Waals surface area contributed by atoms with Crippen molar-refractivity contribution in [2.45, 2.75) is 17.7 Å². The average Bonchev–Trinajstić information content (AvgIpc) is 3.12. The number of thiazole rings is 1. The summed E-state index contributed by atoms with van der Waals surface area (Å²) < 4.78 is 14.0. The number of carbonyl (C=O) groups excluding carboxylic acids is 1. The van der Waals surface area contributed by atoms with Crippen LogP contribution in [0.25, 0.3) is 10.2 Å². The Morgan fingerprint density at radius 1 is 1.17 bits per heavy atom. The minimum absolute atomic E-state index is 0. The molecule has 0 aliphatic carbocycles. The fourth-order valence-electron chi connectivity index (χ4n) is 2.72. The Balaban J connectivity index is 0.00000320. The number of thioether (sulfide) groups is 1. The number of anilines is 1. The lowest BCUT2D eigenvalue weighted by Gasteiger charge is -2.22. The maximum Gasteiger partial charge on any atom is 0.228 e.